The fourth-order valence-electron chi connectivity index (χ4n) is 3.30. The van der Waals surface area contributed by atoms with E-state index in [1.54, 1.807) is 25.3 Å². The van der Waals surface area contributed by atoms with Crippen LogP contribution >= 0.6 is 23.2 Å². The number of benzene rings is 3. The highest BCUT2D eigenvalue weighted by atomic mass is 35.5. The fraction of sp³-hybridized carbons (Fsp3) is 0.0435. The van der Waals surface area contributed by atoms with Gasteiger partial charge >= 0.3 is 0 Å². The van der Waals surface area contributed by atoms with Gasteiger partial charge in [0.15, 0.2) is 11.3 Å². The number of halogens is 2. The number of methoxy groups -OCH3 is 1. The molecule has 0 unspecified atom stereocenters. The van der Waals surface area contributed by atoms with Gasteiger partial charge in [0.1, 0.15) is 5.82 Å². The third-order valence-corrected chi connectivity index (χ3v) is 5.27. The Morgan fingerprint density at radius 3 is 2.67 bits per heavy atom. The fourth-order valence-corrected chi connectivity index (χ4v) is 3.75. The number of rotatable bonds is 3. The molecule has 0 bridgehead atoms. The van der Waals surface area contributed by atoms with Crippen molar-refractivity contribution in [3.8, 4) is 17.1 Å². The second-order valence-corrected chi connectivity index (χ2v) is 7.50. The average Bonchev–Trinajstić information content (AvgIpc) is 3.19. The molecule has 5 aromatic rings. The molecule has 0 amide bonds. The van der Waals surface area contributed by atoms with Gasteiger partial charge in [0.05, 0.1) is 34.4 Å². The Morgan fingerprint density at radius 1 is 1.00 bits per heavy atom. The van der Waals surface area contributed by atoms with E-state index >= 15 is 0 Å². The van der Waals surface area contributed by atoms with Crippen molar-refractivity contribution in [1.29, 1.82) is 0 Å². The first-order chi connectivity index (χ1) is 14.6. The van der Waals surface area contributed by atoms with Gasteiger partial charge in [-0.2, -0.15) is 0 Å². The van der Waals surface area contributed by atoms with E-state index in [1.165, 1.54) is 0 Å². The van der Waals surface area contributed by atoms with Crippen LogP contribution in [0.3, 0.4) is 0 Å². The molecule has 0 saturated carbocycles. The number of ether oxygens (including phenoxy) is 1. The van der Waals surface area contributed by atoms with Crippen LogP contribution in [0.15, 0.2) is 76.1 Å². The highest BCUT2D eigenvalue weighted by Gasteiger charge is 2.14. The number of nitrogens with one attached hydrogen (secondary N) is 1. The summed E-state index contributed by atoms with van der Waals surface area (Å²) in [5.74, 6) is 1.26. The molecule has 0 aliphatic carbocycles. The lowest BCUT2D eigenvalue weighted by atomic mass is 10.1. The lowest BCUT2D eigenvalue weighted by Crippen LogP contribution is -2.07. The van der Waals surface area contributed by atoms with Gasteiger partial charge in [-0.1, -0.05) is 47.5 Å². The van der Waals surface area contributed by atoms with Gasteiger partial charge < -0.3 is 14.1 Å². The number of imidazole rings is 1. The predicted octanol–water partition coefficient (Wildman–Crippen LogP) is 6.52. The van der Waals surface area contributed by atoms with Crippen LogP contribution in [-0.2, 0) is 0 Å². The lowest BCUT2D eigenvalue weighted by Gasteiger charge is -2.07. The quantitative estimate of drug-likeness (QED) is 0.350. The molecule has 2 heterocycles. The van der Waals surface area contributed by atoms with E-state index < -0.39 is 0 Å². The largest absolute Gasteiger partial charge is 0.493 e. The van der Waals surface area contributed by atoms with E-state index in [4.69, 9.17) is 37.3 Å². The molecule has 0 fully saturated rings. The zero-order chi connectivity index (χ0) is 20.7. The first-order valence-corrected chi connectivity index (χ1v) is 9.94. The standard InChI is InChI=1S/C23H15Cl2N3O2/c1-29-20-8-4-5-13-11-15(22-26-18-6-2-3-7-19(18)27-22)23(30-21(13)20)28-17-10-9-14(24)12-16(17)25/h2-12H,1H3,(H,26,27). The summed E-state index contributed by atoms with van der Waals surface area (Å²) in [6, 6.07) is 20.6. The molecule has 3 aromatic carbocycles. The van der Waals surface area contributed by atoms with Gasteiger partial charge in [0.2, 0.25) is 5.55 Å². The van der Waals surface area contributed by atoms with Crippen molar-refractivity contribution in [2.45, 2.75) is 0 Å². The molecule has 148 valence electrons. The van der Waals surface area contributed by atoms with Crippen LogP contribution in [0.25, 0.3) is 33.4 Å². The molecular formula is C23H15Cl2N3O2. The first-order valence-electron chi connectivity index (χ1n) is 9.18. The van der Waals surface area contributed by atoms with Crippen LogP contribution in [0.2, 0.25) is 10.0 Å². The van der Waals surface area contributed by atoms with E-state index in [-0.39, 0.29) is 0 Å². The van der Waals surface area contributed by atoms with Crippen LogP contribution in [0, 0.1) is 0 Å². The van der Waals surface area contributed by atoms with E-state index in [0.29, 0.717) is 44.0 Å². The molecule has 0 radical (unpaired) electrons. The number of H-pyrrole nitrogens is 1. The Hall–Kier alpha value is -3.28. The van der Waals surface area contributed by atoms with Crippen LogP contribution in [0.1, 0.15) is 0 Å². The molecule has 5 nitrogen and oxygen atoms in total. The summed E-state index contributed by atoms with van der Waals surface area (Å²) in [5.41, 5.74) is 3.97. The van der Waals surface area contributed by atoms with Gasteiger partial charge in [0.25, 0.3) is 0 Å². The zero-order valence-corrected chi connectivity index (χ0v) is 17.3. The zero-order valence-electron chi connectivity index (χ0n) is 15.8. The molecular weight excluding hydrogens is 421 g/mol. The minimum Gasteiger partial charge on any atom is -0.493 e. The summed E-state index contributed by atoms with van der Waals surface area (Å²) >= 11 is 12.4. The van der Waals surface area contributed by atoms with Crippen molar-refractivity contribution >= 4 is 50.9 Å². The Bertz CT molecular complexity index is 1440. The third kappa shape index (κ3) is 3.32. The summed E-state index contributed by atoms with van der Waals surface area (Å²) in [6.07, 6.45) is 0. The molecule has 7 heteroatoms. The van der Waals surface area contributed by atoms with E-state index in [2.05, 4.69) is 9.98 Å². The Kier molecular flexibility index (Phi) is 4.69. The number of fused-ring (bicyclic) bond motifs is 2. The number of para-hydroxylation sites is 3. The summed E-state index contributed by atoms with van der Waals surface area (Å²) < 4.78 is 11.7. The van der Waals surface area contributed by atoms with Crippen LogP contribution in [-0.4, -0.2) is 17.1 Å². The summed E-state index contributed by atoms with van der Waals surface area (Å²) in [7, 11) is 1.60. The van der Waals surface area contributed by atoms with Crippen molar-refractivity contribution in [3.63, 3.8) is 0 Å². The van der Waals surface area contributed by atoms with Gasteiger partial charge in [-0.15, -0.1) is 0 Å². The van der Waals surface area contributed by atoms with E-state index in [1.807, 2.05) is 48.5 Å². The maximum absolute atomic E-state index is 6.35. The minimum atomic E-state index is 0.357. The highest BCUT2D eigenvalue weighted by Crippen LogP contribution is 2.30. The highest BCUT2D eigenvalue weighted by molar-refractivity contribution is 6.36. The number of aromatic amines is 1. The van der Waals surface area contributed by atoms with Crippen molar-refractivity contribution < 1.29 is 9.15 Å². The Morgan fingerprint density at radius 2 is 1.87 bits per heavy atom. The van der Waals surface area contributed by atoms with Crippen LogP contribution in [0.4, 0.5) is 5.69 Å². The predicted molar refractivity (Wildman–Crippen MR) is 120 cm³/mol. The number of nitrogens with zero attached hydrogens (tertiary/aromatic N) is 2. The molecule has 0 spiro atoms. The van der Waals surface area contributed by atoms with E-state index in [0.717, 1.165) is 16.4 Å². The van der Waals surface area contributed by atoms with E-state index in [9.17, 15) is 0 Å². The molecule has 0 saturated heterocycles. The molecule has 30 heavy (non-hydrogen) atoms. The maximum Gasteiger partial charge on any atom is 0.231 e. The minimum absolute atomic E-state index is 0.357. The maximum atomic E-state index is 6.35. The van der Waals surface area contributed by atoms with Crippen LogP contribution < -0.4 is 10.3 Å². The summed E-state index contributed by atoms with van der Waals surface area (Å²) in [4.78, 5) is 12.7. The van der Waals surface area contributed by atoms with Gasteiger partial charge in [-0.3, -0.25) is 0 Å². The van der Waals surface area contributed by atoms with Gasteiger partial charge in [-0.05, 0) is 42.5 Å². The molecule has 0 aliphatic heterocycles. The number of hydrogen-bond donors (Lipinski definition) is 1. The smallest absolute Gasteiger partial charge is 0.231 e. The topological polar surface area (TPSA) is 63.4 Å². The molecule has 5 rings (SSSR count). The van der Waals surface area contributed by atoms with Crippen molar-refractivity contribution in [2.24, 2.45) is 4.99 Å². The third-order valence-electron chi connectivity index (χ3n) is 4.73. The van der Waals surface area contributed by atoms with Crippen LogP contribution in [0.5, 0.6) is 5.75 Å². The normalized spacial score (nSPS) is 12.0. The molecule has 2 aromatic heterocycles. The van der Waals surface area contributed by atoms with Crippen molar-refractivity contribution in [2.75, 3.05) is 7.11 Å². The van der Waals surface area contributed by atoms with Crippen molar-refractivity contribution in [1.82, 2.24) is 9.97 Å². The second-order valence-electron chi connectivity index (χ2n) is 6.65. The number of aromatic nitrogens is 2. The molecule has 0 aliphatic rings. The summed E-state index contributed by atoms with van der Waals surface area (Å²) in [5, 5.41) is 1.83. The van der Waals surface area contributed by atoms with Gasteiger partial charge in [0, 0.05) is 10.4 Å². The van der Waals surface area contributed by atoms with Crippen molar-refractivity contribution in [3.05, 3.63) is 82.3 Å². The lowest BCUT2D eigenvalue weighted by molar-refractivity contribution is 0.406. The molecule has 1 N–H and O–H groups in total. The SMILES string of the molecule is COc1cccc2cc(-c3nc4ccccc4[nH]3)c(=Nc3ccc(Cl)cc3Cl)oc12. The molecule has 0 atom stereocenters. The van der Waals surface area contributed by atoms with Gasteiger partial charge in [-0.25, -0.2) is 9.98 Å². The number of hydrogen-bond acceptors (Lipinski definition) is 4. The second kappa shape index (κ2) is 7.52. The Balaban J connectivity index is 1.84. The average molecular weight is 436 g/mol. The first kappa shape index (κ1) is 18.7. The summed E-state index contributed by atoms with van der Waals surface area (Å²) in [6.45, 7) is 0. The Labute approximate surface area is 181 Å². The monoisotopic (exact) mass is 435 g/mol.